The van der Waals surface area contributed by atoms with Gasteiger partial charge in [-0.3, -0.25) is 0 Å². The Morgan fingerprint density at radius 2 is 1.94 bits per heavy atom. The first kappa shape index (κ1) is 10.8. The van der Waals surface area contributed by atoms with E-state index in [-0.39, 0.29) is 0 Å². The van der Waals surface area contributed by atoms with E-state index in [1.165, 1.54) is 6.33 Å². The normalized spacial score (nSPS) is 9.75. The molecule has 0 spiro atoms. The third-order valence-electron chi connectivity index (χ3n) is 2.14. The van der Waals surface area contributed by atoms with Gasteiger partial charge in [0.2, 0.25) is 0 Å². The Labute approximate surface area is 102 Å². The molecule has 0 radical (unpaired) electrons. The second kappa shape index (κ2) is 4.86. The number of nitriles is 1. The zero-order valence-electron chi connectivity index (χ0n) is 8.39. The summed E-state index contributed by atoms with van der Waals surface area (Å²) in [6.07, 6.45) is 2.14. The Bertz CT molecular complexity index is 529. The molecular weight excluding hydrogens is 266 g/mol. The molecule has 0 atom stereocenters. The van der Waals surface area contributed by atoms with E-state index in [4.69, 9.17) is 5.26 Å². The predicted octanol–water partition coefficient (Wildman–Crippen LogP) is 2.70. The molecule has 1 aromatic carbocycles. The highest BCUT2D eigenvalue weighted by molar-refractivity contribution is 9.10. The molecule has 0 N–H and O–H groups in total. The third-order valence-corrected chi connectivity index (χ3v) is 2.67. The van der Waals surface area contributed by atoms with Gasteiger partial charge < -0.3 is 0 Å². The van der Waals surface area contributed by atoms with Crippen molar-refractivity contribution < 1.29 is 0 Å². The molecule has 2 aromatic rings. The summed E-state index contributed by atoms with van der Waals surface area (Å²) >= 11 is 3.39. The molecule has 0 fully saturated rings. The van der Waals surface area contributed by atoms with Crippen LogP contribution >= 0.6 is 15.9 Å². The van der Waals surface area contributed by atoms with E-state index < -0.39 is 0 Å². The highest BCUT2D eigenvalue weighted by Gasteiger charge is 2.00. The lowest BCUT2D eigenvalue weighted by molar-refractivity contribution is 1.01. The quantitative estimate of drug-likeness (QED) is 0.846. The molecule has 0 unspecified atom stereocenters. The Hall–Kier alpha value is -1.73. The van der Waals surface area contributed by atoms with Crippen molar-refractivity contribution >= 4 is 15.9 Å². The van der Waals surface area contributed by atoms with Gasteiger partial charge in [0.25, 0.3) is 0 Å². The molecule has 0 amide bonds. The third kappa shape index (κ3) is 2.65. The second-order valence-electron chi connectivity index (χ2n) is 3.31. The number of hydrogen-bond donors (Lipinski definition) is 0. The first-order chi connectivity index (χ1) is 7.78. The molecule has 2 rings (SSSR count). The van der Waals surface area contributed by atoms with E-state index in [1.807, 2.05) is 30.3 Å². The van der Waals surface area contributed by atoms with Crippen LogP contribution < -0.4 is 0 Å². The van der Waals surface area contributed by atoms with Crippen LogP contribution in [0.2, 0.25) is 0 Å². The van der Waals surface area contributed by atoms with E-state index in [0.717, 1.165) is 15.7 Å². The van der Waals surface area contributed by atoms with E-state index in [9.17, 15) is 0 Å². The molecular formula is C12H8BrN3. The van der Waals surface area contributed by atoms with Gasteiger partial charge in [0.1, 0.15) is 18.1 Å². The van der Waals surface area contributed by atoms with E-state index in [1.54, 1.807) is 6.07 Å². The van der Waals surface area contributed by atoms with Gasteiger partial charge in [-0.25, -0.2) is 9.97 Å². The number of rotatable bonds is 2. The van der Waals surface area contributed by atoms with Gasteiger partial charge in [-0.1, -0.05) is 28.1 Å². The molecule has 0 aliphatic rings. The minimum absolute atomic E-state index is 0.405. The van der Waals surface area contributed by atoms with E-state index in [0.29, 0.717) is 12.1 Å². The van der Waals surface area contributed by atoms with Crippen molar-refractivity contribution in [1.82, 2.24) is 9.97 Å². The van der Waals surface area contributed by atoms with Crippen molar-refractivity contribution in [3.63, 3.8) is 0 Å². The van der Waals surface area contributed by atoms with Gasteiger partial charge in [-0.05, 0) is 23.8 Å². The van der Waals surface area contributed by atoms with Crippen LogP contribution in [-0.2, 0) is 6.42 Å². The molecule has 0 bridgehead atoms. The van der Waals surface area contributed by atoms with Gasteiger partial charge in [-0.15, -0.1) is 0 Å². The highest BCUT2D eigenvalue weighted by Crippen LogP contribution is 2.13. The van der Waals surface area contributed by atoms with Crippen molar-refractivity contribution in [2.45, 2.75) is 6.42 Å². The molecule has 0 saturated carbocycles. The molecule has 1 aromatic heterocycles. The maximum atomic E-state index is 8.72. The fraction of sp³-hybridized carbons (Fsp3) is 0.0833. The molecule has 0 aliphatic carbocycles. The number of halogens is 1. The molecule has 0 saturated heterocycles. The number of nitrogens with zero attached hydrogens (tertiary/aromatic N) is 3. The monoisotopic (exact) mass is 273 g/mol. The Morgan fingerprint density at radius 3 is 2.62 bits per heavy atom. The zero-order chi connectivity index (χ0) is 11.4. The summed E-state index contributed by atoms with van der Waals surface area (Å²) in [5, 5.41) is 8.72. The van der Waals surface area contributed by atoms with Crippen LogP contribution in [-0.4, -0.2) is 9.97 Å². The van der Waals surface area contributed by atoms with Gasteiger partial charge >= 0.3 is 0 Å². The van der Waals surface area contributed by atoms with Crippen LogP contribution in [0.1, 0.15) is 17.0 Å². The fourth-order valence-corrected chi connectivity index (χ4v) is 1.63. The van der Waals surface area contributed by atoms with Crippen LogP contribution in [0.15, 0.2) is 41.1 Å². The summed E-state index contributed by atoms with van der Waals surface area (Å²) in [7, 11) is 0. The van der Waals surface area contributed by atoms with Crippen LogP contribution in [0, 0.1) is 11.3 Å². The Morgan fingerprint density at radius 1 is 1.19 bits per heavy atom. The molecule has 3 nitrogen and oxygen atoms in total. The Balaban J connectivity index is 2.21. The molecule has 1 heterocycles. The molecule has 0 aliphatic heterocycles. The molecule has 4 heteroatoms. The van der Waals surface area contributed by atoms with Crippen molar-refractivity contribution in [2.24, 2.45) is 0 Å². The van der Waals surface area contributed by atoms with Crippen molar-refractivity contribution in [2.75, 3.05) is 0 Å². The Kier molecular flexibility index (Phi) is 3.28. The maximum absolute atomic E-state index is 8.72. The van der Waals surface area contributed by atoms with Gasteiger partial charge in [-0.2, -0.15) is 5.26 Å². The summed E-state index contributed by atoms with van der Waals surface area (Å²) < 4.78 is 1.05. The summed E-state index contributed by atoms with van der Waals surface area (Å²) in [6, 6.07) is 11.7. The maximum Gasteiger partial charge on any atom is 0.144 e. The molecule has 78 valence electrons. The standard InChI is InChI=1S/C12H8BrN3/c13-10-3-1-9(2-4-10)5-11-6-12(7-14)16-8-15-11/h1-4,6,8H,5H2. The van der Waals surface area contributed by atoms with E-state index in [2.05, 4.69) is 25.9 Å². The topological polar surface area (TPSA) is 49.6 Å². The fourth-order valence-electron chi connectivity index (χ4n) is 1.37. The summed E-state index contributed by atoms with van der Waals surface area (Å²) in [5.74, 6) is 0. The van der Waals surface area contributed by atoms with E-state index >= 15 is 0 Å². The predicted molar refractivity (Wildman–Crippen MR) is 63.7 cm³/mol. The van der Waals surface area contributed by atoms with Crippen molar-refractivity contribution in [3.8, 4) is 6.07 Å². The first-order valence-corrected chi connectivity index (χ1v) is 5.53. The lowest BCUT2D eigenvalue weighted by atomic mass is 10.1. The van der Waals surface area contributed by atoms with Crippen molar-refractivity contribution in [1.29, 1.82) is 5.26 Å². The summed E-state index contributed by atoms with van der Waals surface area (Å²) in [6.45, 7) is 0. The SMILES string of the molecule is N#Cc1cc(Cc2ccc(Br)cc2)ncn1. The summed E-state index contributed by atoms with van der Waals surface area (Å²) in [4.78, 5) is 7.97. The number of aromatic nitrogens is 2. The average molecular weight is 274 g/mol. The number of benzene rings is 1. The van der Waals surface area contributed by atoms with Crippen LogP contribution in [0.3, 0.4) is 0 Å². The smallest absolute Gasteiger partial charge is 0.144 e. The van der Waals surface area contributed by atoms with Gasteiger partial charge in [0, 0.05) is 16.6 Å². The van der Waals surface area contributed by atoms with Gasteiger partial charge in [0.15, 0.2) is 0 Å². The zero-order valence-corrected chi connectivity index (χ0v) is 9.98. The minimum Gasteiger partial charge on any atom is -0.241 e. The van der Waals surface area contributed by atoms with Crippen molar-refractivity contribution in [3.05, 3.63) is 58.1 Å². The lowest BCUT2D eigenvalue weighted by Crippen LogP contribution is -1.94. The number of hydrogen-bond acceptors (Lipinski definition) is 3. The van der Waals surface area contributed by atoms with Gasteiger partial charge in [0.05, 0.1) is 0 Å². The summed E-state index contributed by atoms with van der Waals surface area (Å²) in [5.41, 5.74) is 2.42. The highest BCUT2D eigenvalue weighted by atomic mass is 79.9. The first-order valence-electron chi connectivity index (χ1n) is 4.73. The van der Waals surface area contributed by atoms with Crippen LogP contribution in [0.25, 0.3) is 0 Å². The largest absolute Gasteiger partial charge is 0.241 e. The minimum atomic E-state index is 0.405. The second-order valence-corrected chi connectivity index (χ2v) is 4.23. The lowest BCUT2D eigenvalue weighted by Gasteiger charge is -2.01. The molecule has 16 heavy (non-hydrogen) atoms. The van der Waals surface area contributed by atoms with Crippen LogP contribution in [0.5, 0.6) is 0 Å². The average Bonchev–Trinajstić information content (AvgIpc) is 2.32. The van der Waals surface area contributed by atoms with Crippen LogP contribution in [0.4, 0.5) is 0 Å².